The quantitative estimate of drug-likeness (QED) is 0.554. The molecule has 0 aromatic rings. The van der Waals surface area contributed by atoms with Gasteiger partial charge >= 0.3 is 18.2 Å². The van der Waals surface area contributed by atoms with Gasteiger partial charge in [-0.05, 0) is 12.8 Å². The number of carbonyl (C=O) groups is 2. The monoisotopic (exact) mass is 285 g/mol. The number of hydrogen-bond acceptors (Lipinski definition) is 4. The maximum absolute atomic E-state index is 10.6. The summed E-state index contributed by atoms with van der Waals surface area (Å²) in [6.07, 6.45) is -4.41. The lowest BCUT2D eigenvalue weighted by molar-refractivity contribution is -0.192. The van der Waals surface area contributed by atoms with E-state index >= 15 is 0 Å². The van der Waals surface area contributed by atoms with E-state index in [9.17, 15) is 18.0 Å². The summed E-state index contributed by atoms with van der Waals surface area (Å²) in [5.41, 5.74) is 5.29. The molecule has 19 heavy (non-hydrogen) atoms. The second-order valence-corrected chi connectivity index (χ2v) is 3.24. The van der Waals surface area contributed by atoms with E-state index in [0.717, 1.165) is 0 Å². The molecule has 0 aromatic carbocycles. The van der Waals surface area contributed by atoms with Gasteiger partial charge < -0.3 is 21.3 Å². The van der Waals surface area contributed by atoms with E-state index in [4.69, 9.17) is 26.0 Å². The molecule has 0 bridgehead atoms. The van der Waals surface area contributed by atoms with Gasteiger partial charge in [0.05, 0.1) is 6.07 Å². The molecule has 7 nitrogen and oxygen atoms in total. The van der Waals surface area contributed by atoms with Crippen LogP contribution in [0.5, 0.6) is 0 Å². The first-order chi connectivity index (χ1) is 8.65. The smallest absolute Gasteiger partial charge is 0.475 e. The molecule has 0 rings (SSSR count). The lowest BCUT2D eigenvalue weighted by Crippen LogP contribution is -2.39. The Hall–Kier alpha value is -2.02. The summed E-state index contributed by atoms with van der Waals surface area (Å²) in [6.45, 7) is 0.276. The summed E-state index contributed by atoms with van der Waals surface area (Å²) < 4.78 is 31.7. The number of carboxylic acids is 1. The van der Waals surface area contributed by atoms with E-state index in [0.29, 0.717) is 19.3 Å². The van der Waals surface area contributed by atoms with Crippen LogP contribution in [-0.2, 0) is 4.79 Å². The van der Waals surface area contributed by atoms with Gasteiger partial charge in [0.1, 0.15) is 0 Å². The highest BCUT2D eigenvalue weighted by molar-refractivity contribution is 5.73. The van der Waals surface area contributed by atoms with Crippen LogP contribution in [0.1, 0.15) is 19.3 Å². The number of rotatable bonds is 5. The average Bonchev–Trinajstić information content (AvgIpc) is 2.27. The summed E-state index contributed by atoms with van der Waals surface area (Å²) in [6, 6.07) is 1.76. The van der Waals surface area contributed by atoms with Gasteiger partial charge in [-0.25, -0.2) is 9.59 Å². The third kappa shape index (κ3) is 13.9. The van der Waals surface area contributed by atoms with Crippen LogP contribution in [-0.4, -0.2) is 41.0 Å². The molecule has 0 saturated heterocycles. The number of hydrogen-bond donors (Lipinski definition) is 4. The molecule has 1 atom stereocenters. The van der Waals surface area contributed by atoms with Gasteiger partial charge in [0.25, 0.3) is 0 Å². The van der Waals surface area contributed by atoms with E-state index in [1.807, 2.05) is 6.07 Å². The summed E-state index contributed by atoms with van der Waals surface area (Å²) >= 11 is 0. The molecule has 0 aromatic heterocycles. The minimum atomic E-state index is -5.08. The van der Waals surface area contributed by atoms with Gasteiger partial charge in [0, 0.05) is 19.0 Å². The summed E-state index contributed by atoms with van der Waals surface area (Å²) in [7, 11) is 0. The van der Waals surface area contributed by atoms with Crippen molar-refractivity contribution in [2.24, 2.45) is 5.73 Å². The number of nitrogens with two attached hydrogens (primary N) is 1. The molecule has 1 unspecified atom stereocenters. The third-order valence-corrected chi connectivity index (χ3v) is 1.70. The Bertz CT molecular complexity index is 328. The summed E-state index contributed by atoms with van der Waals surface area (Å²) in [5.74, 6) is -2.76. The molecular formula is C9H14F3N3O4. The molecule has 0 aliphatic heterocycles. The first-order valence-corrected chi connectivity index (χ1v) is 5.01. The number of unbranched alkanes of at least 4 members (excludes halogenated alkanes) is 1. The molecule has 5 N–H and O–H groups in total. The molecule has 0 aliphatic carbocycles. The van der Waals surface area contributed by atoms with Crippen LogP contribution in [0, 0.1) is 11.3 Å². The molecular weight excluding hydrogens is 271 g/mol. The van der Waals surface area contributed by atoms with E-state index in [1.54, 1.807) is 0 Å². The Labute approximate surface area is 106 Å². The van der Waals surface area contributed by atoms with Crippen LogP contribution in [0.2, 0.25) is 0 Å². The maximum Gasteiger partial charge on any atom is 0.490 e. The molecule has 0 saturated carbocycles. The fourth-order valence-electron chi connectivity index (χ4n) is 0.851. The molecule has 10 heteroatoms. The zero-order valence-electron chi connectivity index (χ0n) is 9.78. The topological polar surface area (TPSA) is 136 Å². The fraction of sp³-hybridized carbons (Fsp3) is 0.667. The number of carboxylic acid groups (broad SMARTS) is 2. The van der Waals surface area contributed by atoms with Crippen LogP contribution < -0.4 is 11.1 Å². The van der Waals surface area contributed by atoms with Crippen LogP contribution in [0.3, 0.4) is 0 Å². The van der Waals surface area contributed by atoms with Crippen molar-refractivity contribution in [1.82, 2.24) is 5.32 Å². The number of nitrogens with zero attached hydrogens (tertiary/aromatic N) is 1. The number of amides is 1. The van der Waals surface area contributed by atoms with Gasteiger partial charge in [-0.15, -0.1) is 0 Å². The van der Waals surface area contributed by atoms with Crippen molar-refractivity contribution in [1.29, 1.82) is 5.26 Å². The highest BCUT2D eigenvalue weighted by atomic mass is 19.4. The van der Waals surface area contributed by atoms with Crippen molar-refractivity contribution in [3.8, 4) is 6.07 Å². The van der Waals surface area contributed by atoms with Crippen LogP contribution in [0.15, 0.2) is 0 Å². The predicted molar refractivity (Wildman–Crippen MR) is 57.2 cm³/mol. The lowest BCUT2D eigenvalue weighted by Gasteiger charge is -2.12. The van der Waals surface area contributed by atoms with Crippen molar-refractivity contribution < 1.29 is 33.0 Å². The lowest BCUT2D eigenvalue weighted by atomic mass is 10.1. The maximum atomic E-state index is 10.6. The zero-order valence-corrected chi connectivity index (χ0v) is 9.78. The predicted octanol–water partition coefficient (Wildman–Crippen LogP) is 0.908. The second kappa shape index (κ2) is 9.95. The van der Waals surface area contributed by atoms with Gasteiger partial charge in [-0.1, -0.05) is 0 Å². The van der Waals surface area contributed by atoms with Gasteiger partial charge in [-0.2, -0.15) is 18.4 Å². The minimum Gasteiger partial charge on any atom is -0.475 e. The third-order valence-electron chi connectivity index (χ3n) is 1.70. The molecule has 0 fully saturated rings. The van der Waals surface area contributed by atoms with Crippen molar-refractivity contribution in [3.63, 3.8) is 0 Å². The first kappa shape index (κ1) is 19.3. The zero-order chi connectivity index (χ0) is 15.5. The molecule has 0 radical (unpaired) electrons. The Morgan fingerprint density at radius 3 is 2.11 bits per heavy atom. The minimum absolute atomic E-state index is 0.226. The van der Waals surface area contributed by atoms with Crippen LogP contribution in [0.25, 0.3) is 0 Å². The summed E-state index contributed by atoms with van der Waals surface area (Å²) in [4.78, 5) is 19.1. The Balaban J connectivity index is 0. The second-order valence-electron chi connectivity index (χ2n) is 3.24. The number of alkyl halides is 3. The number of nitriles is 1. The normalized spacial score (nSPS) is 11.5. The van der Waals surface area contributed by atoms with E-state index in [1.165, 1.54) is 0 Å². The summed E-state index contributed by atoms with van der Waals surface area (Å²) in [5, 5.41) is 26.0. The highest BCUT2D eigenvalue weighted by Gasteiger charge is 2.38. The fourth-order valence-corrected chi connectivity index (χ4v) is 0.851. The Morgan fingerprint density at radius 2 is 1.84 bits per heavy atom. The van der Waals surface area contributed by atoms with Crippen molar-refractivity contribution in [3.05, 3.63) is 0 Å². The average molecular weight is 285 g/mol. The van der Waals surface area contributed by atoms with Gasteiger partial charge in [0.2, 0.25) is 0 Å². The first-order valence-electron chi connectivity index (χ1n) is 5.01. The molecule has 1 amide bonds. The highest BCUT2D eigenvalue weighted by Crippen LogP contribution is 2.13. The largest absolute Gasteiger partial charge is 0.490 e. The van der Waals surface area contributed by atoms with E-state index in [-0.39, 0.29) is 12.6 Å². The Kier molecular flexibility index (Phi) is 10.1. The van der Waals surface area contributed by atoms with Crippen LogP contribution in [0.4, 0.5) is 18.0 Å². The van der Waals surface area contributed by atoms with Crippen molar-refractivity contribution >= 4 is 12.1 Å². The van der Waals surface area contributed by atoms with Crippen LogP contribution >= 0.6 is 0 Å². The molecule has 110 valence electrons. The SMILES string of the molecule is N#CCCCC(CN)NC(=O)O.O=C(O)C(F)(F)F. The van der Waals surface area contributed by atoms with Crippen molar-refractivity contribution in [2.75, 3.05) is 6.54 Å². The van der Waals surface area contributed by atoms with Crippen molar-refractivity contribution in [2.45, 2.75) is 31.5 Å². The number of nitrogens with one attached hydrogen (secondary N) is 1. The molecule has 0 spiro atoms. The molecule has 0 aliphatic rings. The van der Waals surface area contributed by atoms with E-state index < -0.39 is 18.2 Å². The number of halogens is 3. The molecule has 0 heterocycles. The Morgan fingerprint density at radius 1 is 1.37 bits per heavy atom. The van der Waals surface area contributed by atoms with E-state index in [2.05, 4.69) is 5.32 Å². The van der Waals surface area contributed by atoms with Gasteiger partial charge in [-0.3, -0.25) is 0 Å². The van der Waals surface area contributed by atoms with Gasteiger partial charge in [0.15, 0.2) is 0 Å². The number of aliphatic carboxylic acids is 1. The standard InChI is InChI=1S/C7H13N3O2.C2HF3O2/c8-4-2-1-3-6(5-9)10-7(11)12;3-2(4,5)1(6)7/h6,10H,1-3,5,9H2,(H,11,12);(H,6,7).